The van der Waals surface area contributed by atoms with Crippen molar-refractivity contribution < 1.29 is 0 Å². The van der Waals surface area contributed by atoms with E-state index >= 15 is 0 Å². The van der Waals surface area contributed by atoms with Gasteiger partial charge in [0.15, 0.2) is 0 Å². The van der Waals surface area contributed by atoms with Gasteiger partial charge >= 0.3 is 0 Å². The Bertz CT molecular complexity index is 3170. The van der Waals surface area contributed by atoms with E-state index < -0.39 is 0 Å². The standard InChI is InChI=1S/C50H31NS2/c1-3-12-32(13-4-1)35-24-26-43-47(31-35)53-50-40(33-14-5-2-6-15-33)28-29-44(48(43)50)51(45-20-11-19-42-41-18-9-10-21-46(41)52-49(42)45)37-25-27-39-36(30-37)23-22-34-16-7-8-17-38(34)39/h1-31H. The van der Waals surface area contributed by atoms with E-state index in [9.17, 15) is 0 Å². The molecule has 2 aromatic heterocycles. The predicted octanol–water partition coefficient (Wildman–Crippen LogP) is 15.5. The molecule has 0 N–H and O–H groups in total. The highest BCUT2D eigenvalue weighted by Gasteiger charge is 2.24. The van der Waals surface area contributed by atoms with E-state index in [1.807, 2.05) is 22.7 Å². The van der Waals surface area contributed by atoms with Crippen molar-refractivity contribution in [2.24, 2.45) is 0 Å². The first-order valence-corrected chi connectivity index (χ1v) is 19.6. The summed E-state index contributed by atoms with van der Waals surface area (Å²) in [5.41, 5.74) is 8.48. The second-order valence-electron chi connectivity index (χ2n) is 13.7. The minimum absolute atomic E-state index is 1.15. The van der Waals surface area contributed by atoms with Crippen molar-refractivity contribution in [3.05, 3.63) is 188 Å². The third-order valence-corrected chi connectivity index (χ3v) is 13.0. The molecular formula is C50H31NS2. The molecule has 1 nitrogen and oxygen atoms in total. The number of rotatable bonds is 5. The largest absolute Gasteiger partial charge is 0.308 e. The Morgan fingerprint density at radius 2 is 1.02 bits per heavy atom. The van der Waals surface area contributed by atoms with Crippen molar-refractivity contribution in [1.82, 2.24) is 0 Å². The zero-order valence-corrected chi connectivity index (χ0v) is 30.3. The summed E-state index contributed by atoms with van der Waals surface area (Å²) in [6.07, 6.45) is 0. The van der Waals surface area contributed by atoms with Crippen molar-refractivity contribution in [3.8, 4) is 22.3 Å². The molecule has 11 aromatic rings. The summed E-state index contributed by atoms with van der Waals surface area (Å²) >= 11 is 3.78. The summed E-state index contributed by atoms with van der Waals surface area (Å²) < 4.78 is 5.18. The summed E-state index contributed by atoms with van der Waals surface area (Å²) in [5.74, 6) is 0. The summed E-state index contributed by atoms with van der Waals surface area (Å²) in [4.78, 5) is 2.53. The maximum Gasteiger partial charge on any atom is 0.0640 e. The van der Waals surface area contributed by atoms with Crippen molar-refractivity contribution >= 4 is 102 Å². The molecule has 0 aliphatic rings. The minimum atomic E-state index is 1.15. The van der Waals surface area contributed by atoms with E-state index in [2.05, 4.69) is 193 Å². The molecular weight excluding hydrogens is 679 g/mol. The van der Waals surface area contributed by atoms with Gasteiger partial charge < -0.3 is 4.90 Å². The molecule has 0 radical (unpaired) electrons. The fourth-order valence-corrected chi connectivity index (χ4v) is 10.7. The molecule has 0 atom stereocenters. The molecule has 3 heteroatoms. The lowest BCUT2D eigenvalue weighted by Crippen LogP contribution is -2.10. The van der Waals surface area contributed by atoms with Gasteiger partial charge in [0, 0.05) is 41.3 Å². The predicted molar refractivity (Wildman–Crippen MR) is 233 cm³/mol. The monoisotopic (exact) mass is 709 g/mol. The van der Waals surface area contributed by atoms with Gasteiger partial charge in [-0.1, -0.05) is 152 Å². The lowest BCUT2D eigenvalue weighted by Gasteiger charge is -2.28. The molecule has 0 unspecified atom stereocenters. The maximum atomic E-state index is 2.53. The van der Waals surface area contributed by atoms with E-state index in [4.69, 9.17) is 0 Å². The van der Waals surface area contributed by atoms with Crippen molar-refractivity contribution in [1.29, 1.82) is 0 Å². The number of anilines is 3. The van der Waals surface area contributed by atoms with Gasteiger partial charge in [0.2, 0.25) is 0 Å². The van der Waals surface area contributed by atoms with Crippen molar-refractivity contribution in [2.75, 3.05) is 4.90 Å². The molecule has 248 valence electrons. The van der Waals surface area contributed by atoms with Crippen molar-refractivity contribution in [2.45, 2.75) is 0 Å². The molecule has 0 aliphatic carbocycles. The summed E-state index contributed by atoms with van der Waals surface area (Å²) in [7, 11) is 0. The molecule has 0 saturated heterocycles. The fraction of sp³-hybridized carbons (Fsp3) is 0. The Hall–Kier alpha value is -6.26. The molecule has 2 heterocycles. The van der Waals surface area contributed by atoms with E-state index in [1.165, 1.54) is 95.5 Å². The van der Waals surface area contributed by atoms with Gasteiger partial charge in [-0.3, -0.25) is 0 Å². The smallest absolute Gasteiger partial charge is 0.0640 e. The Morgan fingerprint density at radius 3 is 1.89 bits per heavy atom. The summed E-state index contributed by atoms with van der Waals surface area (Å²) in [5, 5.41) is 10.2. The number of hydrogen-bond donors (Lipinski definition) is 0. The second kappa shape index (κ2) is 12.2. The van der Waals surface area contributed by atoms with E-state index in [0.29, 0.717) is 0 Å². The molecule has 0 bridgehead atoms. The van der Waals surface area contributed by atoms with E-state index in [1.54, 1.807) is 0 Å². The van der Waals surface area contributed by atoms with Gasteiger partial charge in [-0.2, -0.15) is 0 Å². The van der Waals surface area contributed by atoms with Crippen LogP contribution in [0.2, 0.25) is 0 Å². The van der Waals surface area contributed by atoms with Crippen LogP contribution in [0.3, 0.4) is 0 Å². The van der Waals surface area contributed by atoms with E-state index in [-0.39, 0.29) is 0 Å². The number of nitrogens with zero attached hydrogens (tertiary/aromatic N) is 1. The van der Waals surface area contributed by atoms with Crippen LogP contribution in [0.25, 0.3) is 84.1 Å². The molecule has 0 saturated carbocycles. The Kier molecular flexibility index (Phi) is 6.97. The second-order valence-corrected chi connectivity index (χ2v) is 15.8. The molecule has 0 aliphatic heterocycles. The third-order valence-electron chi connectivity index (χ3n) is 10.6. The molecule has 0 spiro atoms. The van der Waals surface area contributed by atoms with E-state index in [0.717, 1.165) is 5.69 Å². The Balaban J connectivity index is 1.23. The van der Waals surface area contributed by atoms with Gasteiger partial charge in [0.25, 0.3) is 0 Å². The van der Waals surface area contributed by atoms with Crippen LogP contribution >= 0.6 is 22.7 Å². The van der Waals surface area contributed by atoms with Gasteiger partial charge in [-0.05, 0) is 80.2 Å². The third kappa shape index (κ3) is 4.89. The van der Waals surface area contributed by atoms with Crippen LogP contribution in [0.4, 0.5) is 17.1 Å². The number of fused-ring (bicyclic) bond motifs is 9. The first-order valence-electron chi connectivity index (χ1n) is 18.0. The highest BCUT2D eigenvalue weighted by atomic mass is 32.1. The molecule has 0 fully saturated rings. The zero-order chi connectivity index (χ0) is 34.9. The topological polar surface area (TPSA) is 3.24 Å². The number of hydrogen-bond acceptors (Lipinski definition) is 3. The average molecular weight is 710 g/mol. The SMILES string of the molecule is c1ccc(-c2ccc3c(c2)sc2c(-c4ccccc4)ccc(N(c4ccc5c(ccc6ccccc65)c4)c4cccc5c4sc4ccccc45)c23)cc1. The Labute approximate surface area is 315 Å². The van der Waals surface area contributed by atoms with Crippen molar-refractivity contribution in [3.63, 3.8) is 0 Å². The van der Waals surface area contributed by atoms with Gasteiger partial charge in [-0.25, -0.2) is 0 Å². The minimum Gasteiger partial charge on any atom is -0.308 e. The molecule has 9 aromatic carbocycles. The normalized spacial score (nSPS) is 11.8. The quantitative estimate of drug-likeness (QED) is 0.161. The van der Waals surface area contributed by atoms with Crippen LogP contribution < -0.4 is 4.90 Å². The number of thiophene rings is 2. The summed E-state index contributed by atoms with van der Waals surface area (Å²) in [6.45, 7) is 0. The van der Waals surface area contributed by atoms with Crippen LogP contribution in [0.15, 0.2) is 188 Å². The first-order chi connectivity index (χ1) is 26.3. The number of benzene rings is 9. The summed E-state index contributed by atoms with van der Waals surface area (Å²) in [6, 6.07) is 69.2. The average Bonchev–Trinajstić information content (AvgIpc) is 3.81. The molecule has 53 heavy (non-hydrogen) atoms. The molecule has 11 rings (SSSR count). The Morgan fingerprint density at radius 1 is 0.340 bits per heavy atom. The highest BCUT2D eigenvalue weighted by molar-refractivity contribution is 7.27. The maximum absolute atomic E-state index is 2.53. The van der Waals surface area contributed by atoms with Gasteiger partial charge in [0.05, 0.1) is 16.1 Å². The lowest BCUT2D eigenvalue weighted by atomic mass is 9.98. The van der Waals surface area contributed by atoms with Crippen LogP contribution in [0.5, 0.6) is 0 Å². The fourth-order valence-electron chi connectivity index (χ4n) is 8.16. The highest BCUT2D eigenvalue weighted by Crippen LogP contribution is 2.51. The first kappa shape index (κ1) is 30.4. The van der Waals surface area contributed by atoms with Crippen LogP contribution in [0.1, 0.15) is 0 Å². The van der Waals surface area contributed by atoms with Crippen LogP contribution in [-0.2, 0) is 0 Å². The molecule has 0 amide bonds. The lowest BCUT2D eigenvalue weighted by molar-refractivity contribution is 1.33. The van der Waals surface area contributed by atoms with Crippen LogP contribution in [-0.4, -0.2) is 0 Å². The van der Waals surface area contributed by atoms with Crippen LogP contribution in [0, 0.1) is 0 Å². The zero-order valence-electron chi connectivity index (χ0n) is 28.7. The van der Waals surface area contributed by atoms with Gasteiger partial charge in [0.1, 0.15) is 0 Å². The van der Waals surface area contributed by atoms with Gasteiger partial charge in [-0.15, -0.1) is 22.7 Å².